The number of carbonyl (C=O) groups is 1. The summed E-state index contributed by atoms with van der Waals surface area (Å²) in [6, 6.07) is 19.6. The smallest absolute Gasteiger partial charge is 0.246 e. The molecule has 1 amide bonds. The van der Waals surface area contributed by atoms with E-state index < -0.39 is 0 Å². The first kappa shape index (κ1) is 21.0. The summed E-state index contributed by atoms with van der Waals surface area (Å²) in [6.45, 7) is 3.58. The van der Waals surface area contributed by atoms with Crippen LogP contribution in [0.3, 0.4) is 0 Å². The van der Waals surface area contributed by atoms with Gasteiger partial charge in [0.25, 0.3) is 0 Å². The molecule has 5 nitrogen and oxygen atoms in total. The zero-order valence-corrected chi connectivity index (χ0v) is 16.7. The lowest BCUT2D eigenvalue weighted by atomic mass is 10.1. The Bertz CT molecular complexity index is 647. The van der Waals surface area contributed by atoms with E-state index in [0.717, 1.165) is 25.2 Å². The minimum Gasteiger partial charge on any atom is -0.357 e. The van der Waals surface area contributed by atoms with Crippen LogP contribution in [0.4, 0.5) is 5.69 Å². The number of rotatable bonds is 7. The quantitative estimate of drug-likeness (QED) is 0.344. The van der Waals surface area contributed by atoms with E-state index in [1.54, 1.807) is 0 Å². The number of hydrogen-bond acceptors (Lipinski definition) is 2. The van der Waals surface area contributed by atoms with Gasteiger partial charge in [-0.2, -0.15) is 0 Å². The normalized spacial score (nSPS) is 10.5. The molecule has 3 N–H and O–H groups in total. The average molecular weight is 452 g/mol. The maximum absolute atomic E-state index is 11.9. The summed E-state index contributed by atoms with van der Waals surface area (Å²) >= 11 is 0. The van der Waals surface area contributed by atoms with Gasteiger partial charge in [0.05, 0.1) is 0 Å². The van der Waals surface area contributed by atoms with Crippen molar-refractivity contribution >= 4 is 41.5 Å². The number of aliphatic imine (C=N–C) groups is 1. The molecule has 0 aliphatic heterocycles. The van der Waals surface area contributed by atoms with Gasteiger partial charge >= 0.3 is 0 Å². The molecule has 0 atom stereocenters. The number of nitrogens with one attached hydrogen (secondary N) is 3. The molecule has 25 heavy (non-hydrogen) atoms. The molecule has 6 heteroatoms. The summed E-state index contributed by atoms with van der Waals surface area (Å²) in [5.74, 6) is 0.512. The number of hydrogen-bond donors (Lipinski definition) is 3. The number of carbonyl (C=O) groups excluding carboxylic acids is 1. The minimum absolute atomic E-state index is 0. The van der Waals surface area contributed by atoms with Gasteiger partial charge in [-0.25, -0.2) is 4.99 Å². The maximum atomic E-state index is 11.9. The highest BCUT2D eigenvalue weighted by Crippen LogP contribution is 2.04. The highest BCUT2D eigenvalue weighted by Gasteiger charge is 2.03. The molecular formula is C19H25IN4O. The Kier molecular flexibility index (Phi) is 10.3. The van der Waals surface area contributed by atoms with Gasteiger partial charge in [-0.1, -0.05) is 48.5 Å². The molecule has 0 heterocycles. The van der Waals surface area contributed by atoms with E-state index >= 15 is 0 Å². The van der Waals surface area contributed by atoms with Crippen molar-refractivity contribution in [1.82, 2.24) is 10.6 Å². The summed E-state index contributed by atoms with van der Waals surface area (Å²) in [5.41, 5.74) is 2.04. The van der Waals surface area contributed by atoms with Gasteiger partial charge in [0, 0.05) is 18.8 Å². The van der Waals surface area contributed by atoms with Gasteiger partial charge in [-0.05, 0) is 31.0 Å². The van der Waals surface area contributed by atoms with E-state index in [9.17, 15) is 4.79 Å². The maximum Gasteiger partial charge on any atom is 0.246 e. The van der Waals surface area contributed by atoms with Crippen LogP contribution in [-0.4, -0.2) is 31.5 Å². The molecule has 2 aromatic rings. The van der Waals surface area contributed by atoms with Crippen LogP contribution in [0.15, 0.2) is 65.7 Å². The van der Waals surface area contributed by atoms with Crippen molar-refractivity contribution in [2.45, 2.75) is 13.3 Å². The highest BCUT2D eigenvalue weighted by atomic mass is 127. The summed E-state index contributed by atoms with van der Waals surface area (Å²) in [6.07, 6.45) is 0.904. The van der Waals surface area contributed by atoms with Crippen LogP contribution in [-0.2, 0) is 11.2 Å². The third-order valence-corrected chi connectivity index (χ3v) is 3.33. The van der Waals surface area contributed by atoms with Crippen molar-refractivity contribution in [3.63, 3.8) is 0 Å². The Morgan fingerprint density at radius 2 is 1.60 bits per heavy atom. The molecule has 2 aromatic carbocycles. The van der Waals surface area contributed by atoms with Gasteiger partial charge in [-0.15, -0.1) is 24.0 Å². The molecule has 0 aliphatic rings. The van der Waals surface area contributed by atoms with E-state index in [1.165, 1.54) is 5.56 Å². The number of nitrogens with zero attached hydrogens (tertiary/aromatic N) is 1. The zero-order chi connectivity index (χ0) is 17.0. The molecular weight excluding hydrogens is 427 g/mol. The predicted molar refractivity (Wildman–Crippen MR) is 115 cm³/mol. The minimum atomic E-state index is -0.138. The van der Waals surface area contributed by atoms with E-state index in [2.05, 4.69) is 33.1 Å². The summed E-state index contributed by atoms with van der Waals surface area (Å²) in [5, 5.41) is 9.21. The van der Waals surface area contributed by atoms with Crippen LogP contribution in [0.1, 0.15) is 12.5 Å². The van der Waals surface area contributed by atoms with E-state index in [1.807, 2.05) is 55.5 Å². The molecule has 0 saturated heterocycles. The predicted octanol–water partition coefficient (Wildman–Crippen LogP) is 3.04. The van der Waals surface area contributed by atoms with Gasteiger partial charge in [-0.3, -0.25) is 4.79 Å². The van der Waals surface area contributed by atoms with Crippen LogP contribution < -0.4 is 16.0 Å². The fourth-order valence-corrected chi connectivity index (χ4v) is 2.18. The number of para-hydroxylation sites is 1. The molecule has 0 aromatic heterocycles. The van der Waals surface area contributed by atoms with Gasteiger partial charge in [0.1, 0.15) is 6.54 Å². The second kappa shape index (κ2) is 12.3. The molecule has 2 rings (SSSR count). The fraction of sp³-hybridized carbons (Fsp3) is 0.263. The van der Waals surface area contributed by atoms with Crippen molar-refractivity contribution in [1.29, 1.82) is 0 Å². The standard InChI is InChI=1S/C19H24N4O.HI/c1-2-20-19(21-14-13-16-9-5-3-6-10-16)22-15-18(24)23-17-11-7-4-8-12-17;/h3-12H,2,13-15H2,1H3,(H,23,24)(H2,20,21,22);1H. The number of halogens is 1. The summed E-state index contributed by atoms with van der Waals surface area (Å²) in [7, 11) is 0. The largest absolute Gasteiger partial charge is 0.357 e. The Labute approximate surface area is 166 Å². The van der Waals surface area contributed by atoms with E-state index in [-0.39, 0.29) is 36.4 Å². The first-order chi connectivity index (χ1) is 11.8. The topological polar surface area (TPSA) is 65.5 Å². The van der Waals surface area contributed by atoms with Crippen molar-refractivity contribution < 1.29 is 4.79 Å². The first-order valence-corrected chi connectivity index (χ1v) is 8.19. The van der Waals surface area contributed by atoms with Crippen molar-refractivity contribution in [2.24, 2.45) is 4.99 Å². The Morgan fingerprint density at radius 1 is 0.960 bits per heavy atom. The van der Waals surface area contributed by atoms with Crippen LogP contribution in [0.25, 0.3) is 0 Å². The SMILES string of the molecule is CCNC(=NCC(=O)Nc1ccccc1)NCCc1ccccc1.I. The zero-order valence-electron chi connectivity index (χ0n) is 14.4. The number of amides is 1. The van der Waals surface area contributed by atoms with Crippen molar-refractivity contribution in [2.75, 3.05) is 25.0 Å². The van der Waals surface area contributed by atoms with E-state index in [4.69, 9.17) is 0 Å². The number of guanidine groups is 1. The Hall–Kier alpha value is -2.09. The molecule has 0 spiro atoms. The van der Waals surface area contributed by atoms with Gasteiger partial charge in [0.2, 0.25) is 5.91 Å². The van der Waals surface area contributed by atoms with Crippen LogP contribution >= 0.6 is 24.0 Å². The Morgan fingerprint density at radius 3 is 2.24 bits per heavy atom. The molecule has 0 fully saturated rings. The molecule has 0 bridgehead atoms. The van der Waals surface area contributed by atoms with Gasteiger partial charge in [0.15, 0.2) is 5.96 Å². The number of benzene rings is 2. The lowest BCUT2D eigenvalue weighted by Crippen LogP contribution is -2.39. The molecule has 134 valence electrons. The fourth-order valence-electron chi connectivity index (χ4n) is 2.18. The second-order valence-electron chi connectivity index (χ2n) is 5.27. The highest BCUT2D eigenvalue weighted by molar-refractivity contribution is 14.0. The first-order valence-electron chi connectivity index (χ1n) is 8.19. The number of anilines is 1. The lowest BCUT2D eigenvalue weighted by molar-refractivity contribution is -0.114. The van der Waals surface area contributed by atoms with Crippen LogP contribution in [0.2, 0.25) is 0 Å². The van der Waals surface area contributed by atoms with E-state index in [0.29, 0.717) is 5.96 Å². The van der Waals surface area contributed by atoms with Crippen molar-refractivity contribution in [3.8, 4) is 0 Å². The molecule has 0 unspecified atom stereocenters. The average Bonchev–Trinajstić information content (AvgIpc) is 2.61. The molecule has 0 saturated carbocycles. The lowest BCUT2D eigenvalue weighted by Gasteiger charge is -2.11. The Balaban J connectivity index is 0.00000312. The summed E-state index contributed by atoms with van der Waals surface area (Å²) in [4.78, 5) is 16.3. The third kappa shape index (κ3) is 8.53. The summed E-state index contributed by atoms with van der Waals surface area (Å²) < 4.78 is 0. The molecule has 0 aliphatic carbocycles. The van der Waals surface area contributed by atoms with Crippen LogP contribution in [0.5, 0.6) is 0 Å². The molecule has 0 radical (unpaired) electrons. The van der Waals surface area contributed by atoms with Crippen molar-refractivity contribution in [3.05, 3.63) is 66.2 Å². The van der Waals surface area contributed by atoms with Crippen LogP contribution in [0, 0.1) is 0 Å². The monoisotopic (exact) mass is 452 g/mol. The van der Waals surface area contributed by atoms with Gasteiger partial charge < -0.3 is 16.0 Å². The third-order valence-electron chi connectivity index (χ3n) is 3.33. The second-order valence-corrected chi connectivity index (χ2v) is 5.27.